The molecule has 0 aliphatic heterocycles. The quantitative estimate of drug-likeness (QED) is 0.668. The van der Waals surface area contributed by atoms with Crippen molar-refractivity contribution in [3.05, 3.63) is 30.5 Å². The Morgan fingerprint density at radius 3 is 2.28 bits per heavy atom. The second-order valence-electron chi connectivity index (χ2n) is 4.84. The standard InChI is InChI=1S/C13H7F6N5O/c14-12(15,16)6-24-11-10(22-23-24)20-5-9(21-11)7-1-3-8(4-2-7)25-13(17,18)19/h1-5H,6H2. The molecule has 0 spiro atoms. The minimum Gasteiger partial charge on any atom is -0.406 e. The lowest BCUT2D eigenvalue weighted by Gasteiger charge is -2.09. The van der Waals surface area contributed by atoms with Gasteiger partial charge in [-0.2, -0.15) is 13.2 Å². The topological polar surface area (TPSA) is 65.7 Å². The van der Waals surface area contributed by atoms with Crippen LogP contribution < -0.4 is 4.74 Å². The first kappa shape index (κ1) is 16.9. The van der Waals surface area contributed by atoms with Gasteiger partial charge in [0.05, 0.1) is 11.9 Å². The van der Waals surface area contributed by atoms with Crippen LogP contribution >= 0.6 is 0 Å². The van der Waals surface area contributed by atoms with Crippen molar-refractivity contribution in [3.8, 4) is 17.0 Å². The van der Waals surface area contributed by atoms with Gasteiger partial charge in [0.2, 0.25) is 5.65 Å². The summed E-state index contributed by atoms with van der Waals surface area (Å²) in [7, 11) is 0. The molecule has 0 radical (unpaired) electrons. The second kappa shape index (κ2) is 5.86. The lowest BCUT2D eigenvalue weighted by molar-refractivity contribution is -0.274. The van der Waals surface area contributed by atoms with Crippen LogP contribution in [-0.4, -0.2) is 37.5 Å². The minimum atomic E-state index is -4.82. The number of benzene rings is 1. The summed E-state index contributed by atoms with van der Waals surface area (Å²) < 4.78 is 78.2. The van der Waals surface area contributed by atoms with E-state index < -0.39 is 24.8 Å². The van der Waals surface area contributed by atoms with Gasteiger partial charge in [-0.25, -0.2) is 14.6 Å². The monoisotopic (exact) mass is 363 g/mol. The molecule has 132 valence electrons. The Balaban J connectivity index is 1.92. The molecule has 0 bridgehead atoms. The molecule has 0 atom stereocenters. The molecule has 1 aromatic carbocycles. The van der Waals surface area contributed by atoms with Crippen LogP contribution in [0.5, 0.6) is 5.75 Å². The summed E-state index contributed by atoms with van der Waals surface area (Å²) in [6.07, 6.45) is -8.11. The number of alkyl halides is 6. The maximum Gasteiger partial charge on any atom is 0.573 e. The Morgan fingerprint density at radius 2 is 1.68 bits per heavy atom. The second-order valence-corrected chi connectivity index (χ2v) is 4.84. The van der Waals surface area contributed by atoms with E-state index in [4.69, 9.17) is 0 Å². The molecule has 6 nitrogen and oxygen atoms in total. The molecule has 0 saturated carbocycles. The van der Waals surface area contributed by atoms with Gasteiger partial charge in [-0.15, -0.1) is 18.3 Å². The fourth-order valence-electron chi connectivity index (χ4n) is 2.00. The summed E-state index contributed by atoms with van der Waals surface area (Å²) in [5.41, 5.74) is 0.218. The number of hydrogen-bond donors (Lipinski definition) is 0. The van der Waals surface area contributed by atoms with E-state index >= 15 is 0 Å². The zero-order valence-electron chi connectivity index (χ0n) is 12.0. The van der Waals surface area contributed by atoms with E-state index in [2.05, 4.69) is 25.0 Å². The third-order valence-corrected chi connectivity index (χ3v) is 2.94. The van der Waals surface area contributed by atoms with Gasteiger partial charge in [0, 0.05) is 5.56 Å². The molecule has 2 aromatic heterocycles. The predicted octanol–water partition coefficient (Wildman–Crippen LogP) is 3.35. The van der Waals surface area contributed by atoms with Gasteiger partial charge in [-0.05, 0) is 24.3 Å². The summed E-state index contributed by atoms with van der Waals surface area (Å²) in [4.78, 5) is 7.86. The van der Waals surface area contributed by atoms with E-state index in [0.717, 1.165) is 12.1 Å². The molecule has 0 N–H and O–H groups in total. The molecule has 3 rings (SSSR count). The molecular weight excluding hydrogens is 356 g/mol. The Labute approximate surface area is 135 Å². The van der Waals surface area contributed by atoms with Crippen molar-refractivity contribution in [2.24, 2.45) is 0 Å². The third-order valence-electron chi connectivity index (χ3n) is 2.94. The van der Waals surface area contributed by atoms with Crippen molar-refractivity contribution in [1.82, 2.24) is 25.0 Å². The summed E-state index contributed by atoms with van der Waals surface area (Å²) in [5, 5.41) is 6.83. The van der Waals surface area contributed by atoms with Gasteiger partial charge in [0.15, 0.2) is 5.65 Å². The van der Waals surface area contributed by atoms with Crippen LogP contribution in [0.4, 0.5) is 26.3 Å². The molecule has 12 heteroatoms. The largest absolute Gasteiger partial charge is 0.573 e. The minimum absolute atomic E-state index is 0.0787. The summed E-state index contributed by atoms with van der Waals surface area (Å²) in [6, 6.07) is 4.66. The highest BCUT2D eigenvalue weighted by Gasteiger charge is 2.31. The smallest absolute Gasteiger partial charge is 0.406 e. The number of aromatic nitrogens is 5. The maximum atomic E-state index is 12.5. The van der Waals surface area contributed by atoms with E-state index in [-0.39, 0.29) is 17.0 Å². The van der Waals surface area contributed by atoms with Crippen LogP contribution in [0, 0.1) is 0 Å². The van der Waals surface area contributed by atoms with Gasteiger partial charge in [-0.3, -0.25) is 0 Å². The van der Waals surface area contributed by atoms with E-state index in [9.17, 15) is 26.3 Å². The molecule has 0 fully saturated rings. The van der Waals surface area contributed by atoms with Crippen LogP contribution in [0.3, 0.4) is 0 Å². The van der Waals surface area contributed by atoms with Gasteiger partial charge in [0.1, 0.15) is 12.3 Å². The van der Waals surface area contributed by atoms with Crippen molar-refractivity contribution in [1.29, 1.82) is 0 Å². The highest BCUT2D eigenvalue weighted by molar-refractivity contribution is 5.70. The average molecular weight is 363 g/mol. The summed E-state index contributed by atoms with van der Waals surface area (Å²) in [6.45, 7) is -1.39. The Bertz CT molecular complexity index is 887. The molecule has 0 unspecified atom stereocenters. The number of nitrogens with zero attached hydrogens (tertiary/aromatic N) is 5. The third kappa shape index (κ3) is 4.14. The van der Waals surface area contributed by atoms with E-state index in [0.29, 0.717) is 10.2 Å². The predicted molar refractivity (Wildman–Crippen MR) is 71.3 cm³/mol. The average Bonchev–Trinajstić information content (AvgIpc) is 2.87. The number of rotatable bonds is 3. The van der Waals surface area contributed by atoms with Crippen LogP contribution in [0.15, 0.2) is 30.5 Å². The normalized spacial score (nSPS) is 12.6. The molecule has 0 aliphatic rings. The summed E-state index contributed by atoms with van der Waals surface area (Å²) >= 11 is 0. The molecule has 0 amide bonds. The first-order chi connectivity index (χ1) is 11.6. The molecule has 3 aromatic rings. The summed E-state index contributed by atoms with van der Waals surface area (Å²) in [5.74, 6) is -0.436. The van der Waals surface area contributed by atoms with Gasteiger partial charge < -0.3 is 4.74 Å². The fourth-order valence-corrected chi connectivity index (χ4v) is 2.00. The van der Waals surface area contributed by atoms with Gasteiger partial charge >= 0.3 is 12.5 Å². The molecular formula is C13H7F6N5O. The number of halogens is 6. The van der Waals surface area contributed by atoms with E-state index in [1.807, 2.05) is 0 Å². The number of ether oxygens (including phenoxy) is 1. The zero-order valence-corrected chi connectivity index (χ0v) is 12.0. The van der Waals surface area contributed by atoms with Crippen LogP contribution in [0.25, 0.3) is 22.6 Å². The van der Waals surface area contributed by atoms with Crippen molar-refractivity contribution >= 4 is 11.3 Å². The van der Waals surface area contributed by atoms with Gasteiger partial charge in [-0.1, -0.05) is 5.21 Å². The van der Waals surface area contributed by atoms with Crippen molar-refractivity contribution in [2.45, 2.75) is 19.1 Å². The van der Waals surface area contributed by atoms with Crippen LogP contribution in [0.1, 0.15) is 0 Å². The number of hydrogen-bond acceptors (Lipinski definition) is 5. The SMILES string of the molecule is FC(F)(F)Cn1nnc2ncc(-c3ccc(OC(F)(F)F)cc3)nc21. The Morgan fingerprint density at radius 1 is 1.00 bits per heavy atom. The Kier molecular flexibility index (Phi) is 3.97. The zero-order chi connectivity index (χ0) is 18.2. The molecule has 25 heavy (non-hydrogen) atoms. The first-order valence-electron chi connectivity index (χ1n) is 6.60. The number of fused-ring (bicyclic) bond motifs is 1. The molecule has 0 aliphatic carbocycles. The van der Waals surface area contributed by atoms with Crippen molar-refractivity contribution in [2.75, 3.05) is 0 Å². The molecule has 2 heterocycles. The molecule has 0 saturated heterocycles. The lowest BCUT2D eigenvalue weighted by Crippen LogP contribution is -2.19. The van der Waals surface area contributed by atoms with Crippen LogP contribution in [0.2, 0.25) is 0 Å². The highest BCUT2D eigenvalue weighted by atomic mass is 19.4. The van der Waals surface area contributed by atoms with E-state index in [1.165, 1.54) is 18.3 Å². The van der Waals surface area contributed by atoms with Crippen LogP contribution in [-0.2, 0) is 6.54 Å². The Hall–Kier alpha value is -2.92. The highest BCUT2D eigenvalue weighted by Crippen LogP contribution is 2.26. The fraction of sp³-hybridized carbons (Fsp3) is 0.231. The lowest BCUT2D eigenvalue weighted by atomic mass is 10.1. The maximum absolute atomic E-state index is 12.5. The van der Waals surface area contributed by atoms with Gasteiger partial charge in [0.25, 0.3) is 0 Å². The van der Waals surface area contributed by atoms with Crippen molar-refractivity contribution in [3.63, 3.8) is 0 Å². The van der Waals surface area contributed by atoms with E-state index in [1.54, 1.807) is 0 Å². The first-order valence-corrected chi connectivity index (χ1v) is 6.60. The van der Waals surface area contributed by atoms with Crippen molar-refractivity contribution < 1.29 is 31.1 Å².